The van der Waals surface area contributed by atoms with Crippen molar-refractivity contribution in [2.75, 3.05) is 16.5 Å². The van der Waals surface area contributed by atoms with Crippen molar-refractivity contribution in [2.24, 2.45) is 0 Å². The molecule has 0 atom stereocenters. The minimum Gasteiger partial charge on any atom is -0.457 e. The largest absolute Gasteiger partial charge is 0.457 e. The van der Waals surface area contributed by atoms with Gasteiger partial charge in [0.2, 0.25) is 0 Å². The molecule has 1 aliphatic heterocycles. The summed E-state index contributed by atoms with van der Waals surface area (Å²) in [5, 5.41) is 0. The number of hydrogen-bond acceptors (Lipinski definition) is 4. The predicted molar refractivity (Wildman–Crippen MR) is 166 cm³/mol. The van der Waals surface area contributed by atoms with Crippen molar-refractivity contribution < 1.29 is 4.74 Å². The summed E-state index contributed by atoms with van der Waals surface area (Å²) in [4.78, 5) is 9.10. The topological polar surface area (TPSA) is 28.6 Å². The smallest absolute Gasteiger partial charge is 0.129 e. The monoisotopic (exact) mass is 523 g/mol. The Kier molecular flexibility index (Phi) is 6.83. The SMILES string of the molecule is CC(C)(C)c1ccc(N2C=CN(c3cccc(Oc4cccc(-c5cc(-c6ccccc6)ccn5)c4)c3)C2)cc1. The molecule has 0 saturated heterocycles. The van der Waals surface area contributed by atoms with E-state index in [0.717, 1.165) is 40.7 Å². The van der Waals surface area contributed by atoms with Crippen molar-refractivity contribution in [3.05, 3.63) is 139 Å². The standard InChI is InChI=1S/C36H33N3O/c1-36(2,3)30-15-17-31(18-16-30)38-21-22-39(26-38)32-12-8-14-34(25-32)40-33-13-7-11-29(23-33)35-24-28(19-20-37-35)27-9-5-4-6-10-27/h4-25H,26H2,1-3H3. The number of anilines is 2. The summed E-state index contributed by atoms with van der Waals surface area (Å²) >= 11 is 0. The third-order valence-electron chi connectivity index (χ3n) is 7.18. The van der Waals surface area contributed by atoms with Crippen LogP contribution in [-0.4, -0.2) is 11.7 Å². The first-order chi connectivity index (χ1) is 19.4. The molecule has 4 nitrogen and oxygen atoms in total. The van der Waals surface area contributed by atoms with Crippen molar-refractivity contribution in [3.8, 4) is 33.9 Å². The molecule has 5 aromatic rings. The highest BCUT2D eigenvalue weighted by atomic mass is 16.5. The molecule has 0 spiro atoms. The summed E-state index contributed by atoms with van der Waals surface area (Å²) in [5.41, 5.74) is 7.99. The summed E-state index contributed by atoms with van der Waals surface area (Å²) in [5.74, 6) is 1.57. The number of ether oxygens (including phenoxy) is 1. The first-order valence-corrected chi connectivity index (χ1v) is 13.6. The Balaban J connectivity index is 1.16. The highest BCUT2D eigenvalue weighted by Crippen LogP contribution is 2.32. The fourth-order valence-corrected chi connectivity index (χ4v) is 4.89. The van der Waals surface area contributed by atoms with Crippen LogP contribution in [-0.2, 0) is 5.41 Å². The molecule has 0 radical (unpaired) electrons. The van der Waals surface area contributed by atoms with E-state index in [1.165, 1.54) is 16.8 Å². The average molecular weight is 524 g/mol. The van der Waals surface area contributed by atoms with Crippen LogP contribution >= 0.6 is 0 Å². The number of nitrogens with zero attached hydrogens (tertiary/aromatic N) is 3. The minimum absolute atomic E-state index is 0.147. The molecule has 40 heavy (non-hydrogen) atoms. The summed E-state index contributed by atoms with van der Waals surface area (Å²) < 4.78 is 6.32. The predicted octanol–water partition coefficient (Wildman–Crippen LogP) is 9.26. The molecule has 2 heterocycles. The zero-order chi connectivity index (χ0) is 27.5. The Labute approximate surface area is 236 Å². The van der Waals surface area contributed by atoms with E-state index in [2.05, 4.69) is 121 Å². The molecule has 1 aromatic heterocycles. The molecule has 0 bridgehead atoms. The van der Waals surface area contributed by atoms with Crippen LogP contribution in [0.2, 0.25) is 0 Å². The van der Waals surface area contributed by atoms with Crippen molar-refractivity contribution in [3.63, 3.8) is 0 Å². The number of benzene rings is 4. The van der Waals surface area contributed by atoms with Crippen molar-refractivity contribution in [1.82, 2.24) is 4.98 Å². The molecule has 198 valence electrons. The van der Waals surface area contributed by atoms with E-state index in [1.54, 1.807) is 0 Å². The molecule has 1 aliphatic rings. The molecule has 0 N–H and O–H groups in total. The van der Waals surface area contributed by atoms with Gasteiger partial charge < -0.3 is 14.5 Å². The third kappa shape index (κ3) is 5.62. The zero-order valence-corrected chi connectivity index (χ0v) is 23.2. The first kappa shape index (κ1) is 25.4. The van der Waals surface area contributed by atoms with Gasteiger partial charge in [-0.2, -0.15) is 0 Å². The Morgan fingerprint density at radius 3 is 2.02 bits per heavy atom. The maximum absolute atomic E-state index is 6.32. The van der Waals surface area contributed by atoms with Crippen LogP contribution in [0.25, 0.3) is 22.4 Å². The lowest BCUT2D eigenvalue weighted by Crippen LogP contribution is -2.24. The maximum Gasteiger partial charge on any atom is 0.129 e. The van der Waals surface area contributed by atoms with Crippen molar-refractivity contribution in [2.45, 2.75) is 26.2 Å². The second-order valence-electron chi connectivity index (χ2n) is 11.1. The molecule has 0 fully saturated rings. The average Bonchev–Trinajstić information content (AvgIpc) is 3.48. The summed E-state index contributed by atoms with van der Waals surface area (Å²) in [6, 6.07) is 39.7. The van der Waals surface area contributed by atoms with Gasteiger partial charge in [-0.15, -0.1) is 0 Å². The van der Waals surface area contributed by atoms with E-state index < -0.39 is 0 Å². The number of pyridine rings is 1. The number of rotatable bonds is 6. The molecular weight excluding hydrogens is 490 g/mol. The van der Waals surface area contributed by atoms with Gasteiger partial charge in [-0.25, -0.2) is 0 Å². The van der Waals surface area contributed by atoms with E-state index in [9.17, 15) is 0 Å². The van der Waals surface area contributed by atoms with Crippen LogP contribution in [0.3, 0.4) is 0 Å². The molecule has 0 unspecified atom stereocenters. The molecule has 0 saturated carbocycles. The van der Waals surface area contributed by atoms with E-state index in [1.807, 2.05) is 48.7 Å². The van der Waals surface area contributed by atoms with Gasteiger partial charge in [0.15, 0.2) is 0 Å². The minimum atomic E-state index is 0.147. The fourth-order valence-electron chi connectivity index (χ4n) is 4.89. The van der Waals surface area contributed by atoms with Crippen LogP contribution in [0, 0.1) is 0 Å². The highest BCUT2D eigenvalue weighted by Gasteiger charge is 2.18. The Bertz CT molecular complexity index is 1640. The Morgan fingerprint density at radius 2 is 1.27 bits per heavy atom. The van der Waals surface area contributed by atoms with Crippen LogP contribution in [0.5, 0.6) is 11.5 Å². The summed E-state index contributed by atoms with van der Waals surface area (Å²) in [6.07, 6.45) is 6.10. The van der Waals surface area contributed by atoms with Crippen molar-refractivity contribution >= 4 is 11.4 Å². The normalized spacial score (nSPS) is 13.1. The van der Waals surface area contributed by atoms with Crippen molar-refractivity contribution in [1.29, 1.82) is 0 Å². The van der Waals surface area contributed by atoms with Gasteiger partial charge in [-0.1, -0.05) is 81.4 Å². The lowest BCUT2D eigenvalue weighted by Gasteiger charge is -2.23. The maximum atomic E-state index is 6.32. The van der Waals surface area contributed by atoms with Gasteiger partial charge >= 0.3 is 0 Å². The second-order valence-corrected chi connectivity index (χ2v) is 11.1. The Morgan fingerprint density at radius 1 is 0.600 bits per heavy atom. The van der Waals surface area contributed by atoms with Crippen LogP contribution in [0.4, 0.5) is 11.4 Å². The van der Waals surface area contributed by atoms with Gasteiger partial charge in [0.1, 0.15) is 11.5 Å². The lowest BCUT2D eigenvalue weighted by molar-refractivity contribution is 0.483. The fraction of sp³-hybridized carbons (Fsp3) is 0.139. The number of hydrogen-bond donors (Lipinski definition) is 0. The summed E-state index contributed by atoms with van der Waals surface area (Å²) in [6.45, 7) is 7.47. The van der Waals surface area contributed by atoms with Crippen LogP contribution < -0.4 is 14.5 Å². The molecular formula is C36H33N3O. The van der Waals surface area contributed by atoms with E-state index in [-0.39, 0.29) is 5.41 Å². The zero-order valence-electron chi connectivity index (χ0n) is 23.2. The van der Waals surface area contributed by atoms with E-state index in [0.29, 0.717) is 0 Å². The first-order valence-electron chi connectivity index (χ1n) is 13.6. The van der Waals surface area contributed by atoms with E-state index in [4.69, 9.17) is 4.74 Å². The molecule has 0 amide bonds. The second kappa shape index (κ2) is 10.7. The lowest BCUT2D eigenvalue weighted by atomic mass is 9.87. The molecule has 6 rings (SSSR count). The van der Waals surface area contributed by atoms with Gasteiger partial charge in [0.25, 0.3) is 0 Å². The Hall–Kier alpha value is -4.83. The van der Waals surface area contributed by atoms with Gasteiger partial charge in [-0.05, 0) is 70.6 Å². The van der Waals surface area contributed by atoms with E-state index >= 15 is 0 Å². The van der Waals surface area contributed by atoms with Crippen LogP contribution in [0.15, 0.2) is 134 Å². The van der Waals surface area contributed by atoms with Gasteiger partial charge in [-0.3, -0.25) is 4.98 Å². The molecule has 4 heteroatoms. The molecule has 4 aromatic carbocycles. The molecule has 0 aliphatic carbocycles. The van der Waals surface area contributed by atoms with Crippen LogP contribution in [0.1, 0.15) is 26.3 Å². The quantitative estimate of drug-likeness (QED) is 0.222. The highest BCUT2D eigenvalue weighted by molar-refractivity contribution is 5.71. The third-order valence-corrected chi connectivity index (χ3v) is 7.18. The van der Waals surface area contributed by atoms with Gasteiger partial charge in [0.05, 0.1) is 12.4 Å². The summed E-state index contributed by atoms with van der Waals surface area (Å²) in [7, 11) is 0. The number of aromatic nitrogens is 1. The van der Waals surface area contributed by atoms with Gasteiger partial charge in [0, 0.05) is 41.6 Å².